The molecule has 1 aliphatic carbocycles. The summed E-state index contributed by atoms with van der Waals surface area (Å²) < 4.78 is 10.5. The smallest absolute Gasteiger partial charge is 0.220 e. The van der Waals surface area contributed by atoms with E-state index in [2.05, 4.69) is 5.32 Å². The predicted molar refractivity (Wildman–Crippen MR) is 63.7 cm³/mol. The van der Waals surface area contributed by atoms with E-state index in [1.807, 2.05) is 6.92 Å². The SMILES string of the molecule is CCOC1CC(CC(=O)NCCOCCO)C1. The van der Waals surface area contributed by atoms with Crippen LogP contribution in [-0.2, 0) is 14.3 Å². The molecule has 0 unspecified atom stereocenters. The Bertz CT molecular complexity index is 217. The van der Waals surface area contributed by atoms with Gasteiger partial charge in [-0.25, -0.2) is 0 Å². The van der Waals surface area contributed by atoms with Crippen molar-refractivity contribution in [1.29, 1.82) is 0 Å². The van der Waals surface area contributed by atoms with Crippen LogP contribution >= 0.6 is 0 Å². The molecule has 0 heterocycles. The summed E-state index contributed by atoms with van der Waals surface area (Å²) in [5, 5.41) is 11.3. The first kappa shape index (κ1) is 14.4. The molecule has 0 aromatic rings. The van der Waals surface area contributed by atoms with E-state index in [9.17, 15) is 4.79 Å². The van der Waals surface area contributed by atoms with Gasteiger partial charge in [-0.15, -0.1) is 0 Å². The summed E-state index contributed by atoms with van der Waals surface area (Å²) in [5.74, 6) is 0.558. The lowest BCUT2D eigenvalue weighted by Crippen LogP contribution is -2.36. The number of hydrogen-bond donors (Lipinski definition) is 2. The molecule has 1 rings (SSSR count). The highest BCUT2D eigenvalue weighted by atomic mass is 16.5. The molecule has 2 N–H and O–H groups in total. The average molecular weight is 245 g/mol. The number of hydrogen-bond acceptors (Lipinski definition) is 4. The standard InChI is InChI=1S/C12H23NO4/c1-2-17-11-7-10(8-11)9-12(15)13-3-5-16-6-4-14/h10-11,14H,2-9H2,1H3,(H,13,15). The van der Waals surface area contributed by atoms with Gasteiger partial charge in [-0.3, -0.25) is 4.79 Å². The van der Waals surface area contributed by atoms with Gasteiger partial charge in [0, 0.05) is 19.6 Å². The number of nitrogens with one attached hydrogen (secondary N) is 1. The number of carbonyl (C=O) groups excluding carboxylic acids is 1. The molecule has 0 saturated heterocycles. The summed E-state index contributed by atoms with van der Waals surface area (Å²) in [6.07, 6.45) is 2.96. The van der Waals surface area contributed by atoms with Crippen molar-refractivity contribution in [1.82, 2.24) is 5.32 Å². The van der Waals surface area contributed by atoms with E-state index in [0.717, 1.165) is 19.4 Å². The second-order valence-corrected chi connectivity index (χ2v) is 4.30. The first-order valence-electron chi connectivity index (χ1n) is 6.33. The molecule has 100 valence electrons. The Balaban J connectivity index is 1.92. The highest BCUT2D eigenvalue weighted by Gasteiger charge is 2.30. The van der Waals surface area contributed by atoms with E-state index in [0.29, 0.717) is 38.2 Å². The van der Waals surface area contributed by atoms with Crippen LogP contribution in [0.25, 0.3) is 0 Å². The van der Waals surface area contributed by atoms with Crippen LogP contribution in [-0.4, -0.2) is 50.1 Å². The quantitative estimate of drug-likeness (QED) is 0.574. The molecule has 1 fully saturated rings. The maximum absolute atomic E-state index is 11.5. The Labute approximate surface area is 102 Å². The lowest BCUT2D eigenvalue weighted by molar-refractivity contribution is -0.124. The molecule has 1 saturated carbocycles. The zero-order chi connectivity index (χ0) is 12.5. The molecule has 1 aliphatic rings. The normalized spacial score (nSPS) is 23.2. The molecular formula is C12H23NO4. The van der Waals surface area contributed by atoms with Crippen LogP contribution in [0.5, 0.6) is 0 Å². The third kappa shape index (κ3) is 6.00. The van der Waals surface area contributed by atoms with Crippen molar-refractivity contribution in [3.8, 4) is 0 Å². The Morgan fingerprint density at radius 2 is 2.18 bits per heavy atom. The molecule has 0 aliphatic heterocycles. The minimum atomic E-state index is 0.0227. The minimum absolute atomic E-state index is 0.0227. The van der Waals surface area contributed by atoms with Crippen molar-refractivity contribution in [3.05, 3.63) is 0 Å². The van der Waals surface area contributed by atoms with E-state index < -0.39 is 0 Å². The van der Waals surface area contributed by atoms with E-state index in [1.54, 1.807) is 0 Å². The highest BCUT2D eigenvalue weighted by molar-refractivity contribution is 5.76. The summed E-state index contributed by atoms with van der Waals surface area (Å²) in [6.45, 7) is 4.07. The second-order valence-electron chi connectivity index (χ2n) is 4.30. The molecule has 0 aromatic heterocycles. The molecule has 17 heavy (non-hydrogen) atoms. The largest absolute Gasteiger partial charge is 0.394 e. The molecule has 5 heteroatoms. The fourth-order valence-corrected chi connectivity index (χ4v) is 1.98. The highest BCUT2D eigenvalue weighted by Crippen LogP contribution is 2.32. The monoisotopic (exact) mass is 245 g/mol. The van der Waals surface area contributed by atoms with E-state index in [1.165, 1.54) is 0 Å². The van der Waals surface area contributed by atoms with E-state index in [-0.39, 0.29) is 12.5 Å². The zero-order valence-corrected chi connectivity index (χ0v) is 10.5. The van der Waals surface area contributed by atoms with Gasteiger partial charge in [-0.2, -0.15) is 0 Å². The number of aliphatic hydroxyl groups excluding tert-OH is 1. The van der Waals surface area contributed by atoms with Gasteiger partial charge in [0.25, 0.3) is 0 Å². The van der Waals surface area contributed by atoms with Crippen molar-refractivity contribution in [2.75, 3.05) is 33.0 Å². The Morgan fingerprint density at radius 3 is 2.82 bits per heavy atom. The van der Waals surface area contributed by atoms with E-state index >= 15 is 0 Å². The van der Waals surface area contributed by atoms with Crippen LogP contribution in [0.2, 0.25) is 0 Å². The zero-order valence-electron chi connectivity index (χ0n) is 10.5. The van der Waals surface area contributed by atoms with Gasteiger partial charge in [-0.05, 0) is 25.7 Å². The van der Waals surface area contributed by atoms with Crippen molar-refractivity contribution < 1.29 is 19.4 Å². The Morgan fingerprint density at radius 1 is 1.41 bits per heavy atom. The molecule has 0 spiro atoms. The molecule has 5 nitrogen and oxygen atoms in total. The number of ether oxygens (including phenoxy) is 2. The van der Waals surface area contributed by atoms with Crippen LogP contribution in [0.15, 0.2) is 0 Å². The van der Waals surface area contributed by atoms with Crippen LogP contribution in [0.1, 0.15) is 26.2 Å². The third-order valence-corrected chi connectivity index (χ3v) is 2.87. The lowest BCUT2D eigenvalue weighted by Gasteiger charge is -2.34. The summed E-state index contributed by atoms with van der Waals surface area (Å²) in [6, 6.07) is 0. The van der Waals surface area contributed by atoms with Crippen molar-refractivity contribution in [3.63, 3.8) is 0 Å². The average Bonchev–Trinajstić information content (AvgIpc) is 2.26. The number of amides is 1. The predicted octanol–water partition coefficient (Wildman–Crippen LogP) is 0.317. The van der Waals surface area contributed by atoms with Crippen molar-refractivity contribution in [2.24, 2.45) is 5.92 Å². The van der Waals surface area contributed by atoms with Crippen LogP contribution < -0.4 is 5.32 Å². The first-order valence-corrected chi connectivity index (χ1v) is 6.33. The molecule has 0 atom stereocenters. The summed E-state index contributed by atoms with van der Waals surface area (Å²) >= 11 is 0. The van der Waals surface area contributed by atoms with Gasteiger partial charge in [-0.1, -0.05) is 0 Å². The molecule has 0 aromatic carbocycles. The molecular weight excluding hydrogens is 222 g/mol. The third-order valence-electron chi connectivity index (χ3n) is 2.87. The molecule has 0 bridgehead atoms. The fraction of sp³-hybridized carbons (Fsp3) is 0.917. The second kappa shape index (κ2) is 8.44. The maximum Gasteiger partial charge on any atom is 0.220 e. The van der Waals surface area contributed by atoms with Gasteiger partial charge >= 0.3 is 0 Å². The molecule has 0 radical (unpaired) electrons. The summed E-state index contributed by atoms with van der Waals surface area (Å²) in [7, 11) is 0. The fourth-order valence-electron chi connectivity index (χ4n) is 1.98. The number of aliphatic hydroxyl groups is 1. The van der Waals surface area contributed by atoms with Crippen molar-refractivity contribution >= 4 is 5.91 Å². The van der Waals surface area contributed by atoms with Gasteiger partial charge in [0.15, 0.2) is 0 Å². The topological polar surface area (TPSA) is 67.8 Å². The van der Waals surface area contributed by atoms with Crippen LogP contribution in [0.3, 0.4) is 0 Å². The van der Waals surface area contributed by atoms with Crippen molar-refractivity contribution in [2.45, 2.75) is 32.3 Å². The van der Waals surface area contributed by atoms with Gasteiger partial charge in [0.2, 0.25) is 5.91 Å². The summed E-state index contributed by atoms with van der Waals surface area (Å²) in [4.78, 5) is 11.5. The minimum Gasteiger partial charge on any atom is -0.394 e. The molecule has 1 amide bonds. The van der Waals surface area contributed by atoms with Gasteiger partial charge < -0.3 is 19.9 Å². The van der Waals surface area contributed by atoms with E-state index in [4.69, 9.17) is 14.6 Å². The summed E-state index contributed by atoms with van der Waals surface area (Å²) in [5.41, 5.74) is 0. The first-order chi connectivity index (χ1) is 8.26. The van der Waals surface area contributed by atoms with Gasteiger partial charge in [0.05, 0.1) is 25.9 Å². The Kier molecular flexibility index (Phi) is 7.16. The van der Waals surface area contributed by atoms with Gasteiger partial charge in [0.1, 0.15) is 0 Å². The lowest BCUT2D eigenvalue weighted by atomic mass is 9.80. The van der Waals surface area contributed by atoms with Crippen LogP contribution in [0, 0.1) is 5.92 Å². The van der Waals surface area contributed by atoms with Crippen LogP contribution in [0.4, 0.5) is 0 Å². The number of carbonyl (C=O) groups is 1. The number of rotatable bonds is 9. The maximum atomic E-state index is 11.5. The Hall–Kier alpha value is -0.650.